The molecule has 1 N–H and O–H groups in total. The molecule has 0 fully saturated rings. The molecule has 1 aromatic heterocycles. The summed E-state index contributed by atoms with van der Waals surface area (Å²) >= 11 is 0. The minimum atomic E-state index is -0.328. The minimum Gasteiger partial charge on any atom is -0.390 e. The summed E-state index contributed by atoms with van der Waals surface area (Å²) in [4.78, 5) is 9.69. The topological polar surface area (TPSA) is 49.2 Å². The first-order chi connectivity index (χ1) is 8.22. The number of hydrogen-bond acceptors (Lipinski definition) is 4. The first kappa shape index (κ1) is 11.5. The van der Waals surface area contributed by atoms with Crippen LogP contribution in [-0.4, -0.2) is 22.1 Å². The van der Waals surface area contributed by atoms with E-state index < -0.39 is 0 Å². The minimum absolute atomic E-state index is 0.189. The third kappa shape index (κ3) is 2.39. The second-order valence-corrected chi connectivity index (χ2v) is 3.54. The highest BCUT2D eigenvalue weighted by atomic mass is 19.1. The molecule has 0 unspecified atom stereocenters. The van der Waals surface area contributed by atoms with Crippen LogP contribution in [0.1, 0.15) is 5.69 Å². The molecule has 0 amide bonds. The van der Waals surface area contributed by atoms with Gasteiger partial charge in [0.05, 0.1) is 30.4 Å². The molecule has 1 aromatic carbocycles. The second-order valence-electron chi connectivity index (χ2n) is 3.54. The third-order valence-corrected chi connectivity index (χ3v) is 2.39. The standard InChI is InChI=1S/C12H12FN3O/c1-16(11-5-3-2-4-10(11)13)12-7-14-6-9(8-17)15-12/h2-7,17H,8H2,1H3. The van der Waals surface area contributed by atoms with Crippen molar-refractivity contribution in [2.24, 2.45) is 0 Å². The molecule has 0 spiro atoms. The number of aliphatic hydroxyl groups excluding tert-OH is 1. The molecule has 2 rings (SSSR count). The van der Waals surface area contributed by atoms with E-state index >= 15 is 0 Å². The Morgan fingerprint density at radius 1 is 1.29 bits per heavy atom. The number of aliphatic hydroxyl groups is 1. The number of nitrogens with zero attached hydrogens (tertiary/aromatic N) is 3. The molecule has 0 aliphatic rings. The highest BCUT2D eigenvalue weighted by molar-refractivity contribution is 5.58. The van der Waals surface area contributed by atoms with Crippen molar-refractivity contribution >= 4 is 11.5 Å². The van der Waals surface area contributed by atoms with E-state index in [4.69, 9.17) is 5.11 Å². The average molecular weight is 233 g/mol. The first-order valence-electron chi connectivity index (χ1n) is 5.12. The molecular formula is C12H12FN3O. The van der Waals surface area contributed by atoms with Gasteiger partial charge in [-0.1, -0.05) is 12.1 Å². The van der Waals surface area contributed by atoms with Gasteiger partial charge in [-0.25, -0.2) is 9.37 Å². The van der Waals surface area contributed by atoms with Crippen LogP contribution in [-0.2, 0) is 6.61 Å². The highest BCUT2D eigenvalue weighted by Crippen LogP contribution is 2.23. The first-order valence-corrected chi connectivity index (χ1v) is 5.12. The van der Waals surface area contributed by atoms with Gasteiger partial charge in [0.1, 0.15) is 5.82 Å². The van der Waals surface area contributed by atoms with Crippen molar-refractivity contribution in [1.82, 2.24) is 9.97 Å². The van der Waals surface area contributed by atoms with Crippen molar-refractivity contribution in [3.8, 4) is 0 Å². The molecule has 0 aliphatic heterocycles. The van der Waals surface area contributed by atoms with Crippen LogP contribution in [0.3, 0.4) is 0 Å². The Bertz CT molecular complexity index is 519. The van der Waals surface area contributed by atoms with E-state index in [-0.39, 0.29) is 12.4 Å². The number of benzene rings is 1. The summed E-state index contributed by atoms with van der Waals surface area (Å²) in [6.45, 7) is -0.189. The van der Waals surface area contributed by atoms with Crippen LogP contribution in [0.15, 0.2) is 36.7 Å². The number of anilines is 2. The maximum absolute atomic E-state index is 13.6. The molecular weight excluding hydrogens is 221 g/mol. The van der Waals surface area contributed by atoms with Gasteiger partial charge in [-0.15, -0.1) is 0 Å². The monoisotopic (exact) mass is 233 g/mol. The summed E-state index contributed by atoms with van der Waals surface area (Å²) in [6, 6.07) is 6.42. The number of hydrogen-bond donors (Lipinski definition) is 1. The molecule has 17 heavy (non-hydrogen) atoms. The number of aromatic nitrogens is 2. The van der Waals surface area contributed by atoms with Crippen LogP contribution in [0.5, 0.6) is 0 Å². The highest BCUT2D eigenvalue weighted by Gasteiger charge is 2.10. The molecule has 1 heterocycles. The Morgan fingerprint density at radius 2 is 2.06 bits per heavy atom. The van der Waals surface area contributed by atoms with Gasteiger partial charge < -0.3 is 10.0 Å². The molecule has 0 bridgehead atoms. The lowest BCUT2D eigenvalue weighted by molar-refractivity contribution is 0.276. The number of para-hydroxylation sites is 1. The second kappa shape index (κ2) is 4.88. The van der Waals surface area contributed by atoms with E-state index in [1.807, 2.05) is 0 Å². The van der Waals surface area contributed by atoms with Gasteiger partial charge >= 0.3 is 0 Å². The fourth-order valence-electron chi connectivity index (χ4n) is 1.48. The molecule has 0 saturated carbocycles. The molecule has 88 valence electrons. The molecule has 0 saturated heterocycles. The Hall–Kier alpha value is -2.01. The quantitative estimate of drug-likeness (QED) is 0.879. The fourth-order valence-corrected chi connectivity index (χ4v) is 1.48. The van der Waals surface area contributed by atoms with Gasteiger partial charge in [0.15, 0.2) is 5.82 Å². The summed E-state index contributed by atoms with van der Waals surface area (Å²) in [6.07, 6.45) is 2.99. The van der Waals surface area contributed by atoms with Gasteiger partial charge in [0, 0.05) is 7.05 Å². The zero-order valence-electron chi connectivity index (χ0n) is 9.34. The van der Waals surface area contributed by atoms with E-state index in [1.165, 1.54) is 18.5 Å². The van der Waals surface area contributed by atoms with Crippen LogP contribution in [0, 0.1) is 5.82 Å². The van der Waals surface area contributed by atoms with Crippen molar-refractivity contribution < 1.29 is 9.50 Å². The fraction of sp³-hybridized carbons (Fsp3) is 0.167. The molecule has 0 atom stereocenters. The Balaban J connectivity index is 2.37. The van der Waals surface area contributed by atoms with E-state index in [9.17, 15) is 4.39 Å². The summed E-state index contributed by atoms with van der Waals surface area (Å²) in [5.74, 6) is 0.160. The molecule has 2 aromatic rings. The SMILES string of the molecule is CN(c1cncc(CO)n1)c1ccccc1F. The maximum atomic E-state index is 13.6. The molecule has 0 radical (unpaired) electrons. The summed E-state index contributed by atoms with van der Waals surface area (Å²) in [5.41, 5.74) is 0.863. The average Bonchev–Trinajstić information content (AvgIpc) is 2.38. The smallest absolute Gasteiger partial charge is 0.151 e. The van der Waals surface area contributed by atoms with E-state index in [0.717, 1.165) is 0 Å². The Labute approximate surface area is 98.4 Å². The van der Waals surface area contributed by atoms with E-state index in [2.05, 4.69) is 9.97 Å². The number of rotatable bonds is 3. The summed E-state index contributed by atoms with van der Waals surface area (Å²) in [7, 11) is 1.70. The van der Waals surface area contributed by atoms with Crippen molar-refractivity contribution in [3.05, 3.63) is 48.2 Å². The predicted molar refractivity (Wildman–Crippen MR) is 62.4 cm³/mol. The molecule has 5 heteroatoms. The van der Waals surface area contributed by atoms with Crippen molar-refractivity contribution in [1.29, 1.82) is 0 Å². The molecule has 0 aliphatic carbocycles. The Kier molecular flexibility index (Phi) is 3.30. The summed E-state index contributed by atoms with van der Waals surface area (Å²) in [5, 5.41) is 8.97. The van der Waals surface area contributed by atoms with Crippen LogP contribution < -0.4 is 4.90 Å². The largest absolute Gasteiger partial charge is 0.390 e. The van der Waals surface area contributed by atoms with Crippen LogP contribution in [0.4, 0.5) is 15.9 Å². The lowest BCUT2D eigenvalue weighted by Gasteiger charge is -2.18. The van der Waals surface area contributed by atoms with Gasteiger partial charge in [0.2, 0.25) is 0 Å². The normalized spacial score (nSPS) is 10.3. The van der Waals surface area contributed by atoms with Gasteiger partial charge in [-0.2, -0.15) is 0 Å². The predicted octanol–water partition coefficient (Wildman–Crippen LogP) is 1.88. The van der Waals surface area contributed by atoms with Crippen molar-refractivity contribution in [3.63, 3.8) is 0 Å². The van der Waals surface area contributed by atoms with Crippen molar-refractivity contribution in [2.45, 2.75) is 6.61 Å². The zero-order chi connectivity index (χ0) is 12.3. The third-order valence-electron chi connectivity index (χ3n) is 2.39. The van der Waals surface area contributed by atoms with Crippen molar-refractivity contribution in [2.75, 3.05) is 11.9 Å². The summed E-state index contributed by atoms with van der Waals surface area (Å²) < 4.78 is 13.6. The van der Waals surface area contributed by atoms with Crippen LogP contribution >= 0.6 is 0 Å². The van der Waals surface area contributed by atoms with Crippen LogP contribution in [0.25, 0.3) is 0 Å². The zero-order valence-corrected chi connectivity index (χ0v) is 9.34. The van der Waals surface area contributed by atoms with Crippen LogP contribution in [0.2, 0.25) is 0 Å². The molecule has 4 nitrogen and oxygen atoms in total. The van der Waals surface area contributed by atoms with Gasteiger partial charge in [0.25, 0.3) is 0 Å². The lowest BCUT2D eigenvalue weighted by Crippen LogP contribution is -2.13. The van der Waals surface area contributed by atoms with E-state index in [0.29, 0.717) is 17.2 Å². The lowest BCUT2D eigenvalue weighted by atomic mass is 10.3. The van der Waals surface area contributed by atoms with E-state index in [1.54, 1.807) is 30.1 Å². The van der Waals surface area contributed by atoms with Gasteiger partial charge in [-0.05, 0) is 12.1 Å². The van der Waals surface area contributed by atoms with Gasteiger partial charge in [-0.3, -0.25) is 4.98 Å². The maximum Gasteiger partial charge on any atom is 0.151 e. The Morgan fingerprint density at radius 3 is 2.76 bits per heavy atom. The number of halogens is 1.